The molecule has 18 heteroatoms. The number of benzene rings is 2. The van der Waals surface area contributed by atoms with Gasteiger partial charge in [0.2, 0.25) is 23.6 Å². The van der Waals surface area contributed by atoms with Crippen LogP contribution >= 0.6 is 0 Å². The van der Waals surface area contributed by atoms with Crippen molar-refractivity contribution in [2.75, 3.05) is 27.2 Å². The summed E-state index contributed by atoms with van der Waals surface area (Å²) in [6, 6.07) is 5.22. The molecule has 0 saturated carbocycles. The second-order valence-electron chi connectivity index (χ2n) is 19.8. The Balaban J connectivity index is 1.41. The maximum atomic E-state index is 15.7. The molecule has 0 spiro atoms. The van der Waals surface area contributed by atoms with Crippen molar-refractivity contribution in [3.8, 4) is 11.4 Å². The van der Waals surface area contributed by atoms with E-state index in [0.29, 0.717) is 83.1 Å². The highest BCUT2D eigenvalue weighted by Gasteiger charge is 2.46. The summed E-state index contributed by atoms with van der Waals surface area (Å²) >= 11 is 0. The third-order valence-corrected chi connectivity index (χ3v) is 14.6. The van der Waals surface area contributed by atoms with Crippen LogP contribution in [-0.4, -0.2) is 146 Å². The molecule has 11 atom stereocenters. The van der Waals surface area contributed by atoms with Gasteiger partial charge in [-0.15, -0.1) is 0 Å². The molecule has 5 heterocycles. The molecule has 372 valence electrons. The van der Waals surface area contributed by atoms with E-state index in [1.54, 1.807) is 56.5 Å². The average Bonchev–Trinajstić information content (AvgIpc) is 4.11. The van der Waals surface area contributed by atoms with Crippen molar-refractivity contribution in [2.45, 2.75) is 154 Å². The van der Waals surface area contributed by atoms with E-state index in [1.807, 2.05) is 32.6 Å². The fourth-order valence-corrected chi connectivity index (χ4v) is 10.3. The number of halogens is 2. The first-order chi connectivity index (χ1) is 32.3. The molecule has 3 fully saturated rings. The lowest BCUT2D eigenvalue weighted by molar-refractivity contribution is -0.238. The third-order valence-electron chi connectivity index (χ3n) is 14.6. The standard InChI is InChI=1S/C50H70F2N8O8/c1-24(2)39(56-46(64)26(5)53-8)48(66)58-18-10-12-31(58)22-35-33-16-14-29(51)20-37(33)55-41(35)42-36(23-32-13-11-19-59(32)49(67)40(25(3)4)57-47(65)27(6)54-9)34-17-15-30(52)21-38(34)60(42)50-45(63)44(62)43(61)28(7)68-50/h14-17,20-21,24-28,31-32,39-40,43-45,50,53-55,61-63H,10-13,18-19,22-23H2,1-9H3,(H,56,64)(H,57,65)/t26-,27-,28-,31-,32-,39-,40-,43+,44+,45-,50?/m0/s1. The van der Waals surface area contributed by atoms with Gasteiger partial charge in [-0.3, -0.25) is 19.2 Å². The Bertz CT molecular complexity index is 2490. The predicted molar refractivity (Wildman–Crippen MR) is 254 cm³/mol. The van der Waals surface area contributed by atoms with Crippen molar-refractivity contribution in [3.63, 3.8) is 0 Å². The second-order valence-corrected chi connectivity index (χ2v) is 19.8. The molecule has 0 radical (unpaired) electrons. The normalized spacial score (nSPS) is 25.1. The first-order valence-electron chi connectivity index (χ1n) is 24.2. The summed E-state index contributed by atoms with van der Waals surface area (Å²) in [5.74, 6) is -2.65. The lowest BCUT2D eigenvalue weighted by Crippen LogP contribution is -2.55. The molecule has 3 saturated heterocycles. The summed E-state index contributed by atoms with van der Waals surface area (Å²) in [5.41, 5.74) is 2.99. The summed E-state index contributed by atoms with van der Waals surface area (Å²) in [4.78, 5) is 62.5. The number of nitrogens with zero attached hydrogens (tertiary/aromatic N) is 3. The molecular formula is C50H70F2N8O8. The van der Waals surface area contributed by atoms with Crippen LogP contribution in [0.25, 0.3) is 33.2 Å². The number of likely N-dealkylation sites (N-methyl/N-ethyl adjacent to an activating group) is 2. The molecule has 2 aromatic carbocycles. The summed E-state index contributed by atoms with van der Waals surface area (Å²) in [6.45, 7) is 13.4. The maximum absolute atomic E-state index is 15.7. The Morgan fingerprint density at radius 3 is 1.74 bits per heavy atom. The van der Waals surface area contributed by atoms with Crippen LogP contribution in [-0.2, 0) is 36.8 Å². The number of likely N-dealkylation sites (tertiary alicyclic amines) is 2. The van der Waals surface area contributed by atoms with Gasteiger partial charge >= 0.3 is 0 Å². The minimum Gasteiger partial charge on any atom is -0.388 e. The van der Waals surface area contributed by atoms with Gasteiger partial charge in [-0.25, -0.2) is 8.78 Å². The number of fused-ring (bicyclic) bond motifs is 2. The number of aromatic nitrogens is 2. The molecule has 68 heavy (non-hydrogen) atoms. The van der Waals surface area contributed by atoms with E-state index >= 15 is 8.78 Å². The quantitative estimate of drug-likeness (QED) is 0.0818. The number of carbonyl (C=O) groups is 4. The van der Waals surface area contributed by atoms with Crippen LogP contribution in [0.15, 0.2) is 36.4 Å². The lowest BCUT2D eigenvalue weighted by Gasteiger charge is -2.41. The van der Waals surface area contributed by atoms with Crippen LogP contribution in [0.5, 0.6) is 0 Å². The van der Waals surface area contributed by atoms with Crippen LogP contribution in [0.2, 0.25) is 0 Å². The Kier molecular flexibility index (Phi) is 15.7. The Hall–Kier alpha value is -4.98. The van der Waals surface area contributed by atoms with E-state index in [9.17, 15) is 34.5 Å². The van der Waals surface area contributed by atoms with Crippen LogP contribution in [0.4, 0.5) is 8.78 Å². The predicted octanol–water partition coefficient (Wildman–Crippen LogP) is 3.63. The lowest BCUT2D eigenvalue weighted by atomic mass is 9.94. The number of aromatic amines is 1. The Morgan fingerprint density at radius 1 is 0.721 bits per heavy atom. The largest absolute Gasteiger partial charge is 0.388 e. The monoisotopic (exact) mass is 949 g/mol. The average molecular weight is 949 g/mol. The first kappa shape index (κ1) is 50.9. The number of hydrogen-bond acceptors (Lipinski definition) is 10. The fraction of sp³-hybridized carbons (Fsp3) is 0.600. The highest BCUT2D eigenvalue weighted by Crippen LogP contribution is 2.45. The van der Waals surface area contributed by atoms with E-state index in [-0.39, 0.29) is 54.3 Å². The molecule has 0 bridgehead atoms. The number of nitrogens with one attached hydrogen (secondary N) is 5. The van der Waals surface area contributed by atoms with Gasteiger partial charge in [-0.2, -0.15) is 0 Å². The van der Waals surface area contributed by atoms with E-state index in [1.165, 1.54) is 24.3 Å². The van der Waals surface area contributed by atoms with E-state index < -0.39 is 72.5 Å². The van der Waals surface area contributed by atoms with Crippen molar-refractivity contribution in [1.82, 2.24) is 40.6 Å². The zero-order chi connectivity index (χ0) is 49.5. The van der Waals surface area contributed by atoms with E-state index in [2.05, 4.69) is 26.3 Å². The zero-order valence-corrected chi connectivity index (χ0v) is 40.6. The number of rotatable bonds is 16. The van der Waals surface area contributed by atoms with Gasteiger partial charge in [0.25, 0.3) is 0 Å². The molecule has 1 unspecified atom stereocenters. The minimum absolute atomic E-state index is 0.223. The van der Waals surface area contributed by atoms with Crippen molar-refractivity contribution in [3.05, 3.63) is 59.2 Å². The van der Waals surface area contributed by atoms with E-state index in [0.717, 1.165) is 0 Å². The zero-order valence-electron chi connectivity index (χ0n) is 40.6. The molecule has 3 aliphatic heterocycles. The number of amides is 4. The van der Waals surface area contributed by atoms with Gasteiger partial charge in [-0.1, -0.05) is 27.7 Å². The summed E-state index contributed by atoms with van der Waals surface area (Å²) < 4.78 is 39.0. The topological polar surface area (TPSA) is 214 Å². The molecule has 0 aliphatic carbocycles. The van der Waals surface area contributed by atoms with Gasteiger partial charge in [0.15, 0.2) is 6.23 Å². The van der Waals surface area contributed by atoms with Gasteiger partial charge < -0.3 is 60.7 Å². The maximum Gasteiger partial charge on any atom is 0.245 e. The molecule has 2 aromatic heterocycles. The molecule has 4 aromatic rings. The third kappa shape index (κ3) is 9.90. The molecule has 7 rings (SSSR count). The summed E-state index contributed by atoms with van der Waals surface area (Å²) in [5, 5.41) is 47.0. The molecule has 16 nitrogen and oxygen atoms in total. The van der Waals surface area contributed by atoms with Crippen LogP contribution in [0, 0.1) is 23.5 Å². The Morgan fingerprint density at radius 2 is 1.22 bits per heavy atom. The highest BCUT2D eigenvalue weighted by atomic mass is 19.1. The van der Waals surface area contributed by atoms with Crippen LogP contribution in [0.1, 0.15) is 91.5 Å². The number of aliphatic hydroxyl groups excluding tert-OH is 3. The van der Waals surface area contributed by atoms with Crippen molar-refractivity contribution >= 4 is 45.4 Å². The summed E-state index contributed by atoms with van der Waals surface area (Å²) in [6.07, 6.45) is -4.06. The highest BCUT2D eigenvalue weighted by molar-refractivity contribution is 5.98. The Labute approximate surface area is 396 Å². The smallest absolute Gasteiger partial charge is 0.245 e. The number of carbonyl (C=O) groups excluding carboxylic acids is 4. The van der Waals surface area contributed by atoms with Gasteiger partial charge in [0, 0.05) is 41.5 Å². The number of aliphatic hydroxyl groups is 3. The minimum atomic E-state index is -1.70. The number of H-pyrrole nitrogens is 1. The van der Waals surface area contributed by atoms with E-state index in [4.69, 9.17) is 4.74 Å². The molecule has 4 amide bonds. The van der Waals surface area contributed by atoms with Crippen molar-refractivity contribution in [2.24, 2.45) is 11.8 Å². The van der Waals surface area contributed by atoms with Gasteiger partial charge in [0.05, 0.1) is 35.1 Å². The molecule has 3 aliphatic rings. The SMILES string of the molecule is CN[C@@H](C)C(=O)N[C@H](C(=O)N1CCC[C@H]1Cc1c(-c2c(C[C@@H]3CCCN3C(=O)[C@@H](NC(=O)[C@H](C)NC)C(C)C)c3ccc(F)cc3n2C2O[C@@H](C)[C@@H](O)[C@@H](O)[C@@H]2O)[nH]c2cc(F)ccc12)C(C)C. The summed E-state index contributed by atoms with van der Waals surface area (Å²) in [7, 11) is 3.34. The molecular weight excluding hydrogens is 879 g/mol. The van der Waals surface area contributed by atoms with Gasteiger partial charge in [-0.05, 0) is 133 Å². The van der Waals surface area contributed by atoms with Crippen LogP contribution in [0.3, 0.4) is 0 Å². The van der Waals surface area contributed by atoms with Crippen molar-refractivity contribution < 1.29 is 48.0 Å². The molecule has 8 N–H and O–H groups in total. The van der Waals surface area contributed by atoms with Crippen molar-refractivity contribution in [1.29, 1.82) is 0 Å². The first-order valence-corrected chi connectivity index (χ1v) is 24.2. The number of ether oxygens (including phenoxy) is 1. The number of hydrogen-bond donors (Lipinski definition) is 8. The van der Waals surface area contributed by atoms with Crippen LogP contribution < -0.4 is 21.3 Å². The fourth-order valence-electron chi connectivity index (χ4n) is 10.3. The second kappa shape index (κ2) is 20.9. The van der Waals surface area contributed by atoms with Gasteiger partial charge in [0.1, 0.15) is 42.0 Å².